The van der Waals surface area contributed by atoms with Crippen molar-refractivity contribution in [2.45, 2.75) is 89.4 Å². The van der Waals surface area contributed by atoms with Gasteiger partial charge < -0.3 is 14.6 Å². The van der Waals surface area contributed by atoms with Crippen molar-refractivity contribution in [2.75, 3.05) is 13.2 Å². The molecule has 2 atom stereocenters. The van der Waals surface area contributed by atoms with Gasteiger partial charge in [-0.3, -0.25) is 0 Å². The van der Waals surface area contributed by atoms with Crippen LogP contribution in [0.4, 0.5) is 0 Å². The highest BCUT2D eigenvalue weighted by atomic mass is 16.7. The lowest BCUT2D eigenvalue weighted by Crippen LogP contribution is -2.22. The van der Waals surface area contributed by atoms with Crippen LogP contribution in [-0.4, -0.2) is 30.7 Å². The smallest absolute Gasteiger partial charge is 0.157 e. The Hall–Kier alpha value is -0.380. The van der Waals surface area contributed by atoms with E-state index >= 15 is 0 Å². The third-order valence-corrected chi connectivity index (χ3v) is 4.06. The van der Waals surface area contributed by atoms with Crippen LogP contribution in [0.25, 0.3) is 0 Å². The first kappa shape index (κ1) is 18.7. The highest BCUT2D eigenvalue weighted by Gasteiger charge is 2.13. The van der Waals surface area contributed by atoms with Crippen molar-refractivity contribution in [1.82, 2.24) is 0 Å². The molecule has 0 spiro atoms. The average Bonchev–Trinajstić information content (AvgIpc) is 2.50. The van der Waals surface area contributed by atoms with Gasteiger partial charge in [0.05, 0.1) is 6.10 Å². The van der Waals surface area contributed by atoms with Gasteiger partial charge in [0.2, 0.25) is 0 Å². The second kappa shape index (κ2) is 13.3. The van der Waals surface area contributed by atoms with Crippen molar-refractivity contribution in [3.05, 3.63) is 12.7 Å². The molecular weight excluding hydrogens is 264 g/mol. The van der Waals surface area contributed by atoms with E-state index in [0.29, 0.717) is 0 Å². The molecule has 0 aliphatic carbocycles. The van der Waals surface area contributed by atoms with Crippen molar-refractivity contribution in [1.29, 1.82) is 0 Å². The summed E-state index contributed by atoms with van der Waals surface area (Å²) in [5.74, 6) is 0. The number of rotatable bonds is 13. The van der Waals surface area contributed by atoms with Crippen LogP contribution in [-0.2, 0) is 9.47 Å². The van der Waals surface area contributed by atoms with Crippen LogP contribution in [0.5, 0.6) is 0 Å². The van der Waals surface area contributed by atoms with Crippen molar-refractivity contribution in [3.8, 4) is 0 Å². The highest BCUT2D eigenvalue weighted by molar-refractivity contribution is 4.71. The van der Waals surface area contributed by atoms with Crippen LogP contribution in [0.3, 0.4) is 0 Å². The van der Waals surface area contributed by atoms with Gasteiger partial charge in [-0.05, 0) is 38.5 Å². The monoisotopic (exact) mass is 298 g/mol. The summed E-state index contributed by atoms with van der Waals surface area (Å²) >= 11 is 0. The summed E-state index contributed by atoms with van der Waals surface area (Å²) in [7, 11) is 0. The molecule has 1 N–H and O–H groups in total. The van der Waals surface area contributed by atoms with Crippen LogP contribution < -0.4 is 0 Å². The maximum absolute atomic E-state index is 9.56. The van der Waals surface area contributed by atoms with Crippen molar-refractivity contribution < 1.29 is 14.6 Å². The first-order valence-electron chi connectivity index (χ1n) is 8.85. The molecule has 1 fully saturated rings. The van der Waals surface area contributed by atoms with E-state index in [0.717, 1.165) is 45.3 Å². The van der Waals surface area contributed by atoms with Gasteiger partial charge in [-0.2, -0.15) is 0 Å². The Kier molecular flexibility index (Phi) is 11.8. The largest absolute Gasteiger partial charge is 0.393 e. The van der Waals surface area contributed by atoms with E-state index in [1.54, 1.807) is 6.08 Å². The Balaban J connectivity index is 1.75. The Labute approximate surface area is 130 Å². The van der Waals surface area contributed by atoms with Gasteiger partial charge in [-0.15, -0.1) is 6.58 Å². The molecule has 1 aliphatic rings. The van der Waals surface area contributed by atoms with E-state index in [9.17, 15) is 5.11 Å². The molecule has 0 aromatic carbocycles. The van der Waals surface area contributed by atoms with Gasteiger partial charge in [0.1, 0.15) is 0 Å². The molecule has 0 aromatic heterocycles. The SMILES string of the molecule is C=CCC(O)CCCCCCCCCOC1CCCCO1. The average molecular weight is 298 g/mol. The van der Waals surface area contributed by atoms with Crippen LogP contribution in [0, 0.1) is 0 Å². The quantitative estimate of drug-likeness (QED) is 0.399. The first-order valence-corrected chi connectivity index (χ1v) is 8.85. The fraction of sp³-hybridized carbons (Fsp3) is 0.889. The normalized spacial score (nSPS) is 20.3. The number of aliphatic hydroxyl groups is 1. The number of hydrogen-bond acceptors (Lipinski definition) is 3. The summed E-state index contributed by atoms with van der Waals surface area (Å²) in [5, 5.41) is 9.56. The van der Waals surface area contributed by atoms with E-state index in [1.165, 1.54) is 44.9 Å². The molecule has 21 heavy (non-hydrogen) atoms. The molecule has 0 amide bonds. The summed E-state index contributed by atoms with van der Waals surface area (Å²) in [6, 6.07) is 0. The fourth-order valence-corrected chi connectivity index (χ4v) is 2.73. The van der Waals surface area contributed by atoms with Gasteiger partial charge in [-0.25, -0.2) is 0 Å². The van der Waals surface area contributed by atoms with Gasteiger partial charge in [0, 0.05) is 13.2 Å². The zero-order valence-electron chi connectivity index (χ0n) is 13.6. The summed E-state index contributed by atoms with van der Waals surface area (Å²) < 4.78 is 11.3. The molecule has 3 nitrogen and oxygen atoms in total. The first-order chi connectivity index (χ1) is 10.3. The minimum Gasteiger partial charge on any atom is -0.393 e. The summed E-state index contributed by atoms with van der Waals surface area (Å²) in [6.07, 6.45) is 15.5. The molecule has 3 heteroatoms. The highest BCUT2D eigenvalue weighted by Crippen LogP contribution is 2.15. The molecule has 124 valence electrons. The number of hydrogen-bond donors (Lipinski definition) is 1. The third-order valence-electron chi connectivity index (χ3n) is 4.06. The summed E-state index contributed by atoms with van der Waals surface area (Å²) in [5.41, 5.74) is 0. The second-order valence-corrected chi connectivity index (χ2v) is 6.11. The molecule has 2 unspecified atom stereocenters. The molecule has 0 saturated carbocycles. The Morgan fingerprint density at radius 2 is 1.81 bits per heavy atom. The lowest BCUT2D eigenvalue weighted by atomic mass is 10.0. The minimum absolute atomic E-state index is 0.0701. The molecular formula is C18H34O3. The Morgan fingerprint density at radius 3 is 2.48 bits per heavy atom. The van der Waals surface area contributed by atoms with E-state index < -0.39 is 0 Å². The van der Waals surface area contributed by atoms with Gasteiger partial charge in [-0.1, -0.05) is 44.6 Å². The Morgan fingerprint density at radius 1 is 1.10 bits per heavy atom. The fourth-order valence-electron chi connectivity index (χ4n) is 2.73. The molecule has 0 radical (unpaired) electrons. The maximum Gasteiger partial charge on any atom is 0.157 e. The van der Waals surface area contributed by atoms with Crippen molar-refractivity contribution in [2.24, 2.45) is 0 Å². The minimum atomic E-state index is -0.179. The number of aliphatic hydroxyl groups excluding tert-OH is 1. The zero-order chi connectivity index (χ0) is 15.2. The maximum atomic E-state index is 9.56. The summed E-state index contributed by atoms with van der Waals surface area (Å²) in [6.45, 7) is 5.36. The lowest BCUT2D eigenvalue weighted by molar-refractivity contribution is -0.162. The van der Waals surface area contributed by atoms with E-state index in [-0.39, 0.29) is 12.4 Å². The third kappa shape index (κ3) is 10.9. The second-order valence-electron chi connectivity index (χ2n) is 6.11. The van der Waals surface area contributed by atoms with Crippen molar-refractivity contribution >= 4 is 0 Å². The molecule has 0 aromatic rings. The van der Waals surface area contributed by atoms with Crippen LogP contribution in [0.15, 0.2) is 12.7 Å². The zero-order valence-corrected chi connectivity index (χ0v) is 13.6. The van der Waals surface area contributed by atoms with Gasteiger partial charge in [0.25, 0.3) is 0 Å². The predicted octanol–water partition coefficient (Wildman–Crippen LogP) is 4.59. The van der Waals surface area contributed by atoms with Gasteiger partial charge in [0.15, 0.2) is 6.29 Å². The number of unbranched alkanes of at least 4 members (excludes halogenated alkanes) is 6. The molecule has 1 saturated heterocycles. The van der Waals surface area contributed by atoms with Crippen LogP contribution >= 0.6 is 0 Å². The van der Waals surface area contributed by atoms with Crippen LogP contribution in [0.1, 0.15) is 77.0 Å². The predicted molar refractivity (Wildman–Crippen MR) is 87.3 cm³/mol. The van der Waals surface area contributed by atoms with Crippen LogP contribution in [0.2, 0.25) is 0 Å². The molecule has 1 aliphatic heterocycles. The van der Waals surface area contributed by atoms with E-state index in [2.05, 4.69) is 6.58 Å². The molecule has 0 bridgehead atoms. The van der Waals surface area contributed by atoms with Crippen molar-refractivity contribution in [3.63, 3.8) is 0 Å². The number of ether oxygens (including phenoxy) is 2. The van der Waals surface area contributed by atoms with E-state index in [1.807, 2.05) is 0 Å². The Bertz CT molecular complexity index is 237. The topological polar surface area (TPSA) is 38.7 Å². The molecule has 1 rings (SSSR count). The molecule has 1 heterocycles. The standard InChI is InChI=1S/C18H34O3/c1-2-12-17(19)13-8-6-4-3-5-7-10-15-20-18-14-9-11-16-21-18/h2,17-19H,1,3-16H2. The van der Waals surface area contributed by atoms with Gasteiger partial charge >= 0.3 is 0 Å². The lowest BCUT2D eigenvalue weighted by Gasteiger charge is -2.22. The summed E-state index contributed by atoms with van der Waals surface area (Å²) in [4.78, 5) is 0. The van der Waals surface area contributed by atoms with E-state index in [4.69, 9.17) is 9.47 Å².